The van der Waals surface area contributed by atoms with Crippen LogP contribution in [0.3, 0.4) is 0 Å². The lowest BCUT2D eigenvalue weighted by Crippen LogP contribution is -2.19. The van der Waals surface area contributed by atoms with E-state index in [0.717, 1.165) is 11.3 Å². The van der Waals surface area contributed by atoms with Crippen LogP contribution in [0.25, 0.3) is 11.3 Å². The zero-order valence-corrected chi connectivity index (χ0v) is 15.5. The standard InChI is InChI=1S/C21H21N5O/c1-14(2)15-7-9-18(10-8-15)24-21(27)25-19-6-4-5-16(11-19)20-17(12-22)13-23-26(20)3/h4-11,13-14H,1-3H3,(H2,24,25,27). The van der Waals surface area contributed by atoms with E-state index in [1.165, 1.54) is 11.8 Å². The molecule has 6 heteroatoms. The highest BCUT2D eigenvalue weighted by Gasteiger charge is 2.12. The number of hydrogen-bond donors (Lipinski definition) is 2. The number of hydrogen-bond acceptors (Lipinski definition) is 3. The molecule has 0 aliphatic rings. The lowest BCUT2D eigenvalue weighted by Gasteiger charge is -2.11. The third-order valence-electron chi connectivity index (χ3n) is 4.29. The minimum absolute atomic E-state index is 0.324. The normalized spacial score (nSPS) is 10.5. The Kier molecular flexibility index (Phi) is 5.23. The van der Waals surface area contributed by atoms with E-state index in [0.29, 0.717) is 22.9 Å². The van der Waals surface area contributed by atoms with Crippen molar-refractivity contribution >= 4 is 17.4 Å². The van der Waals surface area contributed by atoms with E-state index in [1.807, 2.05) is 42.5 Å². The van der Waals surface area contributed by atoms with Crippen LogP contribution in [0.5, 0.6) is 0 Å². The Morgan fingerprint density at radius 1 is 1.11 bits per heavy atom. The van der Waals surface area contributed by atoms with Crippen LogP contribution < -0.4 is 10.6 Å². The predicted molar refractivity (Wildman–Crippen MR) is 107 cm³/mol. The number of nitriles is 1. The summed E-state index contributed by atoms with van der Waals surface area (Å²) in [5, 5.41) is 19.0. The molecule has 0 aliphatic carbocycles. The fraction of sp³-hybridized carbons (Fsp3) is 0.190. The fourth-order valence-corrected chi connectivity index (χ4v) is 2.85. The molecule has 1 heterocycles. The molecule has 0 unspecified atom stereocenters. The van der Waals surface area contributed by atoms with Crippen molar-refractivity contribution < 1.29 is 4.79 Å². The minimum atomic E-state index is -0.324. The number of carbonyl (C=O) groups is 1. The molecule has 6 nitrogen and oxygen atoms in total. The van der Waals surface area contributed by atoms with Crippen LogP contribution in [-0.2, 0) is 7.05 Å². The third-order valence-corrected chi connectivity index (χ3v) is 4.29. The summed E-state index contributed by atoms with van der Waals surface area (Å²) in [6.45, 7) is 4.25. The molecule has 0 radical (unpaired) electrons. The molecule has 0 saturated heterocycles. The topological polar surface area (TPSA) is 82.7 Å². The smallest absolute Gasteiger partial charge is 0.308 e. The summed E-state index contributed by atoms with van der Waals surface area (Å²) in [6.07, 6.45) is 1.53. The van der Waals surface area contributed by atoms with Crippen molar-refractivity contribution in [2.45, 2.75) is 19.8 Å². The highest BCUT2D eigenvalue weighted by molar-refractivity contribution is 6.00. The quantitative estimate of drug-likeness (QED) is 0.706. The van der Waals surface area contributed by atoms with Gasteiger partial charge < -0.3 is 10.6 Å². The monoisotopic (exact) mass is 359 g/mol. The first kappa shape index (κ1) is 18.2. The Morgan fingerprint density at radius 2 is 1.81 bits per heavy atom. The molecule has 0 bridgehead atoms. The van der Waals surface area contributed by atoms with Gasteiger partial charge in [0.2, 0.25) is 0 Å². The van der Waals surface area contributed by atoms with Crippen molar-refractivity contribution in [2.75, 3.05) is 10.6 Å². The second-order valence-corrected chi connectivity index (χ2v) is 6.58. The average molecular weight is 359 g/mol. The first-order valence-electron chi connectivity index (χ1n) is 8.68. The van der Waals surface area contributed by atoms with Gasteiger partial charge in [0, 0.05) is 24.0 Å². The molecule has 1 aromatic heterocycles. The van der Waals surface area contributed by atoms with Crippen molar-refractivity contribution in [3.05, 3.63) is 65.9 Å². The number of carbonyl (C=O) groups excluding carboxylic acids is 1. The van der Waals surface area contributed by atoms with Crippen LogP contribution in [0.15, 0.2) is 54.7 Å². The van der Waals surface area contributed by atoms with E-state index in [2.05, 4.69) is 35.6 Å². The summed E-state index contributed by atoms with van der Waals surface area (Å²) in [5.74, 6) is 0.445. The summed E-state index contributed by atoms with van der Waals surface area (Å²) in [5.41, 5.74) is 4.60. The van der Waals surface area contributed by atoms with Crippen LogP contribution in [0.4, 0.5) is 16.2 Å². The second kappa shape index (κ2) is 7.75. The van der Waals surface area contributed by atoms with Gasteiger partial charge in [-0.2, -0.15) is 10.4 Å². The number of amides is 2. The van der Waals surface area contributed by atoms with Gasteiger partial charge in [0.05, 0.1) is 17.5 Å². The van der Waals surface area contributed by atoms with E-state index in [1.54, 1.807) is 17.8 Å². The summed E-state index contributed by atoms with van der Waals surface area (Å²) >= 11 is 0. The van der Waals surface area contributed by atoms with E-state index in [-0.39, 0.29) is 6.03 Å². The average Bonchev–Trinajstić information content (AvgIpc) is 3.03. The van der Waals surface area contributed by atoms with E-state index >= 15 is 0 Å². The zero-order chi connectivity index (χ0) is 19.4. The van der Waals surface area contributed by atoms with Crippen LogP contribution in [0.2, 0.25) is 0 Å². The number of urea groups is 1. The van der Waals surface area contributed by atoms with E-state index in [4.69, 9.17) is 0 Å². The van der Waals surface area contributed by atoms with Gasteiger partial charge in [-0.15, -0.1) is 0 Å². The van der Waals surface area contributed by atoms with Crippen molar-refractivity contribution in [2.24, 2.45) is 7.05 Å². The second-order valence-electron chi connectivity index (χ2n) is 6.58. The number of aromatic nitrogens is 2. The number of anilines is 2. The molecule has 136 valence electrons. The maximum absolute atomic E-state index is 12.3. The number of nitrogens with one attached hydrogen (secondary N) is 2. The number of rotatable bonds is 4. The number of aryl methyl sites for hydroxylation is 1. The lowest BCUT2D eigenvalue weighted by molar-refractivity contribution is 0.262. The Labute approximate surface area is 158 Å². The lowest BCUT2D eigenvalue weighted by atomic mass is 10.0. The molecule has 0 aliphatic heterocycles. The molecule has 0 spiro atoms. The number of nitrogens with zero attached hydrogens (tertiary/aromatic N) is 3. The molecule has 2 aromatic carbocycles. The third kappa shape index (κ3) is 4.15. The van der Waals surface area contributed by atoms with Gasteiger partial charge in [0.25, 0.3) is 0 Å². The molecule has 3 rings (SSSR count). The summed E-state index contributed by atoms with van der Waals surface area (Å²) in [4.78, 5) is 12.3. The van der Waals surface area contributed by atoms with E-state index < -0.39 is 0 Å². The Morgan fingerprint density at radius 3 is 2.48 bits per heavy atom. The minimum Gasteiger partial charge on any atom is -0.308 e. The van der Waals surface area contributed by atoms with Crippen molar-refractivity contribution in [1.82, 2.24) is 9.78 Å². The Bertz CT molecular complexity index is 996. The molecule has 3 aromatic rings. The van der Waals surface area contributed by atoms with Gasteiger partial charge in [0.1, 0.15) is 6.07 Å². The molecule has 0 saturated carbocycles. The van der Waals surface area contributed by atoms with Crippen LogP contribution >= 0.6 is 0 Å². The largest absolute Gasteiger partial charge is 0.323 e. The molecule has 2 N–H and O–H groups in total. The van der Waals surface area contributed by atoms with Gasteiger partial charge in [-0.3, -0.25) is 4.68 Å². The summed E-state index contributed by atoms with van der Waals surface area (Å²) < 4.78 is 1.65. The summed E-state index contributed by atoms with van der Waals surface area (Å²) in [6, 6.07) is 16.9. The molecule has 2 amide bonds. The highest BCUT2D eigenvalue weighted by Crippen LogP contribution is 2.25. The maximum Gasteiger partial charge on any atom is 0.323 e. The van der Waals surface area contributed by atoms with Crippen molar-refractivity contribution in [3.63, 3.8) is 0 Å². The van der Waals surface area contributed by atoms with E-state index in [9.17, 15) is 10.1 Å². The Balaban J connectivity index is 1.73. The molecule has 0 atom stereocenters. The Hall–Kier alpha value is -3.59. The number of benzene rings is 2. The van der Waals surface area contributed by atoms with Crippen molar-refractivity contribution in [3.8, 4) is 17.3 Å². The first-order valence-corrected chi connectivity index (χ1v) is 8.68. The van der Waals surface area contributed by atoms with Gasteiger partial charge in [-0.1, -0.05) is 38.1 Å². The predicted octanol–water partition coefficient (Wildman–Crippen LogP) is 4.73. The molecule has 0 fully saturated rings. The van der Waals surface area contributed by atoms with Crippen LogP contribution in [0.1, 0.15) is 30.9 Å². The van der Waals surface area contributed by atoms with Gasteiger partial charge in [-0.05, 0) is 35.7 Å². The van der Waals surface area contributed by atoms with Gasteiger partial charge in [0.15, 0.2) is 0 Å². The van der Waals surface area contributed by atoms with Gasteiger partial charge in [-0.25, -0.2) is 4.79 Å². The SMILES string of the molecule is CC(C)c1ccc(NC(=O)Nc2cccc(-c3c(C#N)cnn3C)c2)cc1. The zero-order valence-electron chi connectivity index (χ0n) is 15.5. The van der Waals surface area contributed by atoms with Crippen LogP contribution in [-0.4, -0.2) is 15.8 Å². The highest BCUT2D eigenvalue weighted by atomic mass is 16.2. The maximum atomic E-state index is 12.3. The van der Waals surface area contributed by atoms with Crippen molar-refractivity contribution in [1.29, 1.82) is 5.26 Å². The molecule has 27 heavy (non-hydrogen) atoms. The molecular weight excluding hydrogens is 338 g/mol. The first-order chi connectivity index (χ1) is 13.0. The van der Waals surface area contributed by atoms with Gasteiger partial charge >= 0.3 is 6.03 Å². The van der Waals surface area contributed by atoms with Crippen LogP contribution in [0, 0.1) is 11.3 Å². The molecular formula is C21H21N5O. The summed E-state index contributed by atoms with van der Waals surface area (Å²) in [7, 11) is 1.78. The fourth-order valence-electron chi connectivity index (χ4n) is 2.85.